The Hall–Kier alpha value is -2.15. The molecule has 0 aliphatic carbocycles. The van der Waals surface area contributed by atoms with E-state index in [4.69, 9.17) is 10.5 Å². The Balaban J connectivity index is 1.72. The van der Waals surface area contributed by atoms with Gasteiger partial charge in [-0.25, -0.2) is 4.98 Å². The van der Waals surface area contributed by atoms with Gasteiger partial charge in [0.25, 0.3) is 0 Å². The summed E-state index contributed by atoms with van der Waals surface area (Å²) in [6.07, 6.45) is 0.0863. The molecule has 1 fully saturated rings. The van der Waals surface area contributed by atoms with E-state index in [2.05, 4.69) is 33.0 Å². The van der Waals surface area contributed by atoms with Crippen molar-refractivity contribution < 1.29 is 4.74 Å². The van der Waals surface area contributed by atoms with Crippen LogP contribution in [0.4, 0.5) is 11.8 Å². The number of hydrogen-bond acceptors (Lipinski definition) is 6. The maximum atomic E-state index is 5.88. The summed E-state index contributed by atoms with van der Waals surface area (Å²) >= 11 is 0. The summed E-state index contributed by atoms with van der Waals surface area (Å²) in [6.45, 7) is 8.99. The van der Waals surface area contributed by atoms with Gasteiger partial charge in [-0.3, -0.25) is 4.68 Å². The maximum Gasteiger partial charge on any atom is 0.222 e. The van der Waals surface area contributed by atoms with Crippen molar-refractivity contribution in [3.63, 3.8) is 0 Å². The van der Waals surface area contributed by atoms with Gasteiger partial charge in [0.1, 0.15) is 5.82 Å². The van der Waals surface area contributed by atoms with Gasteiger partial charge in [0.05, 0.1) is 24.9 Å². The van der Waals surface area contributed by atoms with Crippen molar-refractivity contribution in [1.29, 1.82) is 0 Å². The topological polar surface area (TPSA) is 82.1 Å². The highest BCUT2D eigenvalue weighted by Gasteiger charge is 2.23. The lowest BCUT2D eigenvalue weighted by Crippen LogP contribution is -2.45. The normalized spacial score (nSPS) is 18.7. The number of aromatic nitrogens is 4. The van der Waals surface area contributed by atoms with Crippen LogP contribution >= 0.6 is 0 Å². The van der Waals surface area contributed by atoms with Crippen molar-refractivity contribution in [2.75, 3.05) is 30.3 Å². The van der Waals surface area contributed by atoms with Crippen molar-refractivity contribution >= 4 is 11.8 Å². The van der Waals surface area contributed by atoms with E-state index >= 15 is 0 Å². The molecular formula is C15H22N6O. The first-order valence-corrected chi connectivity index (χ1v) is 7.50. The molecule has 3 heterocycles. The Kier molecular flexibility index (Phi) is 3.98. The Bertz CT molecular complexity index is 648. The van der Waals surface area contributed by atoms with Gasteiger partial charge >= 0.3 is 0 Å². The highest BCUT2D eigenvalue weighted by molar-refractivity contribution is 5.43. The third-order valence-electron chi connectivity index (χ3n) is 3.80. The molecule has 7 nitrogen and oxygen atoms in total. The molecule has 118 valence electrons. The molecule has 0 amide bonds. The average Bonchev–Trinajstić information content (AvgIpc) is 2.76. The lowest BCUT2D eigenvalue weighted by atomic mass is 10.2. The van der Waals surface area contributed by atoms with E-state index < -0.39 is 0 Å². The number of aryl methyl sites for hydroxylation is 3. The van der Waals surface area contributed by atoms with E-state index in [1.807, 2.05) is 24.6 Å². The molecule has 1 aliphatic rings. The second-order valence-corrected chi connectivity index (χ2v) is 5.77. The fourth-order valence-electron chi connectivity index (χ4n) is 2.83. The van der Waals surface area contributed by atoms with Crippen LogP contribution in [0.2, 0.25) is 0 Å². The molecule has 0 aromatic carbocycles. The molecule has 1 atom stereocenters. The molecule has 3 rings (SSSR count). The number of hydrogen-bond donors (Lipinski definition) is 1. The zero-order chi connectivity index (χ0) is 15.7. The molecule has 2 aromatic heterocycles. The number of nitrogen functional groups attached to an aromatic ring is 1. The summed E-state index contributed by atoms with van der Waals surface area (Å²) in [5, 5.41) is 4.50. The first-order valence-electron chi connectivity index (χ1n) is 7.50. The number of nitrogens with zero attached hydrogens (tertiary/aromatic N) is 5. The first kappa shape index (κ1) is 14.8. The third-order valence-corrected chi connectivity index (χ3v) is 3.80. The number of morpholine rings is 1. The van der Waals surface area contributed by atoms with Gasteiger partial charge in [0.15, 0.2) is 0 Å². The van der Waals surface area contributed by atoms with Crippen molar-refractivity contribution in [1.82, 2.24) is 19.7 Å². The van der Waals surface area contributed by atoms with Gasteiger partial charge in [0.2, 0.25) is 5.95 Å². The molecule has 7 heteroatoms. The standard InChI is InChI=1S/C15H22N6O/c1-10-7-14(18-15(16)17-10)20-4-5-22-13(8-20)9-21-12(3)6-11(2)19-21/h6-7,13H,4-5,8-9H2,1-3H3,(H2,16,17,18)/t13-/m1/s1. The number of nitrogens with two attached hydrogens (primary N) is 1. The van der Waals surface area contributed by atoms with Gasteiger partial charge < -0.3 is 15.4 Å². The summed E-state index contributed by atoms with van der Waals surface area (Å²) in [4.78, 5) is 10.7. The van der Waals surface area contributed by atoms with E-state index in [0.717, 1.165) is 42.5 Å². The Morgan fingerprint density at radius 1 is 1.23 bits per heavy atom. The molecule has 0 bridgehead atoms. The van der Waals surface area contributed by atoms with Crippen LogP contribution < -0.4 is 10.6 Å². The van der Waals surface area contributed by atoms with Crippen LogP contribution in [0.5, 0.6) is 0 Å². The highest BCUT2D eigenvalue weighted by Crippen LogP contribution is 2.18. The quantitative estimate of drug-likeness (QED) is 0.914. The van der Waals surface area contributed by atoms with E-state index in [9.17, 15) is 0 Å². The molecule has 22 heavy (non-hydrogen) atoms. The van der Waals surface area contributed by atoms with Gasteiger partial charge in [-0.1, -0.05) is 0 Å². The molecule has 0 spiro atoms. The zero-order valence-electron chi connectivity index (χ0n) is 13.3. The number of ether oxygens (including phenoxy) is 1. The van der Waals surface area contributed by atoms with E-state index in [0.29, 0.717) is 12.6 Å². The summed E-state index contributed by atoms with van der Waals surface area (Å²) in [6, 6.07) is 4.04. The van der Waals surface area contributed by atoms with E-state index in [-0.39, 0.29) is 6.10 Å². The molecule has 1 saturated heterocycles. The molecule has 0 radical (unpaired) electrons. The van der Waals surface area contributed by atoms with Crippen molar-refractivity contribution in [3.05, 3.63) is 29.2 Å². The largest absolute Gasteiger partial charge is 0.373 e. The molecule has 1 aliphatic heterocycles. The van der Waals surface area contributed by atoms with E-state index in [1.165, 1.54) is 0 Å². The summed E-state index contributed by atoms with van der Waals surface area (Å²) in [7, 11) is 0. The zero-order valence-corrected chi connectivity index (χ0v) is 13.3. The smallest absolute Gasteiger partial charge is 0.222 e. The van der Waals surface area contributed by atoms with Crippen molar-refractivity contribution in [2.45, 2.75) is 33.4 Å². The van der Waals surface area contributed by atoms with Crippen LogP contribution in [0.1, 0.15) is 17.1 Å². The van der Waals surface area contributed by atoms with Crippen LogP contribution in [0, 0.1) is 20.8 Å². The molecular weight excluding hydrogens is 280 g/mol. The summed E-state index contributed by atoms with van der Waals surface area (Å²) in [5.74, 6) is 1.18. The highest BCUT2D eigenvalue weighted by atomic mass is 16.5. The van der Waals surface area contributed by atoms with Crippen LogP contribution in [-0.2, 0) is 11.3 Å². The van der Waals surface area contributed by atoms with Crippen LogP contribution in [0.3, 0.4) is 0 Å². The van der Waals surface area contributed by atoms with Crippen LogP contribution in [0.15, 0.2) is 12.1 Å². The second kappa shape index (κ2) is 5.92. The Morgan fingerprint density at radius 2 is 2.05 bits per heavy atom. The predicted octanol–water partition coefficient (Wildman–Crippen LogP) is 1.09. The number of anilines is 2. The Morgan fingerprint density at radius 3 is 2.73 bits per heavy atom. The first-order chi connectivity index (χ1) is 10.5. The third kappa shape index (κ3) is 3.19. The summed E-state index contributed by atoms with van der Waals surface area (Å²) < 4.78 is 7.88. The minimum Gasteiger partial charge on any atom is -0.373 e. The van der Waals surface area contributed by atoms with Crippen molar-refractivity contribution in [3.8, 4) is 0 Å². The monoisotopic (exact) mass is 302 g/mol. The van der Waals surface area contributed by atoms with Gasteiger partial charge in [-0.2, -0.15) is 10.1 Å². The van der Waals surface area contributed by atoms with E-state index in [1.54, 1.807) is 0 Å². The molecule has 0 unspecified atom stereocenters. The van der Waals surface area contributed by atoms with Gasteiger partial charge in [-0.05, 0) is 26.8 Å². The predicted molar refractivity (Wildman–Crippen MR) is 84.8 cm³/mol. The SMILES string of the molecule is Cc1cc(N2CCO[C@@H](Cn3nc(C)cc3C)C2)nc(N)n1. The minimum atomic E-state index is 0.0863. The second-order valence-electron chi connectivity index (χ2n) is 5.77. The maximum absolute atomic E-state index is 5.88. The average molecular weight is 302 g/mol. The van der Waals surface area contributed by atoms with Gasteiger partial charge in [0, 0.05) is 30.5 Å². The van der Waals surface area contributed by atoms with Crippen molar-refractivity contribution in [2.24, 2.45) is 0 Å². The minimum absolute atomic E-state index is 0.0863. The Labute approximate surface area is 130 Å². The number of rotatable bonds is 3. The van der Waals surface area contributed by atoms with Gasteiger partial charge in [-0.15, -0.1) is 0 Å². The fraction of sp³-hybridized carbons (Fsp3) is 0.533. The van der Waals surface area contributed by atoms with Crippen LogP contribution in [0.25, 0.3) is 0 Å². The lowest BCUT2D eigenvalue weighted by Gasteiger charge is -2.34. The molecule has 2 N–H and O–H groups in total. The summed E-state index contributed by atoms with van der Waals surface area (Å²) in [5.41, 5.74) is 8.82. The molecule has 0 saturated carbocycles. The lowest BCUT2D eigenvalue weighted by molar-refractivity contribution is 0.0267. The van der Waals surface area contributed by atoms with Crippen LogP contribution in [-0.4, -0.2) is 45.5 Å². The molecule has 2 aromatic rings. The fourth-order valence-corrected chi connectivity index (χ4v) is 2.83.